The zero-order valence-corrected chi connectivity index (χ0v) is 11.3. The Morgan fingerprint density at radius 3 is 2.79 bits per heavy atom. The molecule has 3 heteroatoms. The van der Waals surface area contributed by atoms with Gasteiger partial charge in [-0.15, -0.1) is 0 Å². The first-order valence-corrected chi connectivity index (χ1v) is 6.48. The first-order valence-electron chi connectivity index (χ1n) is 6.48. The van der Waals surface area contributed by atoms with Gasteiger partial charge in [0.2, 0.25) is 0 Å². The molecule has 0 bridgehead atoms. The van der Waals surface area contributed by atoms with Crippen LogP contribution >= 0.6 is 0 Å². The molecule has 0 amide bonds. The van der Waals surface area contributed by atoms with Crippen molar-refractivity contribution in [3.8, 4) is 5.75 Å². The van der Waals surface area contributed by atoms with Crippen molar-refractivity contribution < 1.29 is 9.84 Å². The van der Waals surface area contributed by atoms with Gasteiger partial charge in [0.15, 0.2) is 0 Å². The van der Waals surface area contributed by atoms with Crippen LogP contribution in [0.4, 0.5) is 0 Å². The number of pyridine rings is 1. The molecule has 1 aromatic heterocycles. The first-order chi connectivity index (χ1) is 9.16. The number of benzene rings is 1. The van der Waals surface area contributed by atoms with Gasteiger partial charge < -0.3 is 9.84 Å². The standard InChI is InChI=1S/C16H19NO2/c1-12-6-7-16(15(11-12)13(2)18)19-10-8-14-5-3-4-9-17-14/h3-7,9,11,13,18H,8,10H2,1-2H3. The van der Waals surface area contributed by atoms with Crippen LogP contribution in [0, 0.1) is 6.92 Å². The van der Waals surface area contributed by atoms with Crippen LogP contribution in [0.1, 0.15) is 29.8 Å². The Labute approximate surface area is 113 Å². The summed E-state index contributed by atoms with van der Waals surface area (Å²) in [5.74, 6) is 0.747. The highest BCUT2D eigenvalue weighted by molar-refractivity contribution is 5.38. The van der Waals surface area contributed by atoms with Crippen LogP contribution in [0.2, 0.25) is 0 Å². The van der Waals surface area contributed by atoms with Crippen molar-refractivity contribution in [3.05, 3.63) is 59.4 Å². The van der Waals surface area contributed by atoms with Crippen molar-refractivity contribution in [1.82, 2.24) is 4.98 Å². The van der Waals surface area contributed by atoms with E-state index in [2.05, 4.69) is 4.98 Å². The summed E-state index contributed by atoms with van der Waals surface area (Å²) in [6, 6.07) is 11.7. The Balaban J connectivity index is 2.00. The normalized spacial score (nSPS) is 12.2. The summed E-state index contributed by atoms with van der Waals surface area (Å²) in [6.45, 7) is 4.31. The number of hydrogen-bond donors (Lipinski definition) is 1. The number of ether oxygens (including phenoxy) is 1. The quantitative estimate of drug-likeness (QED) is 0.895. The highest BCUT2D eigenvalue weighted by Crippen LogP contribution is 2.26. The number of aliphatic hydroxyl groups is 1. The maximum atomic E-state index is 9.75. The van der Waals surface area contributed by atoms with Crippen molar-refractivity contribution in [2.24, 2.45) is 0 Å². The molecular formula is C16H19NO2. The Bertz CT molecular complexity index is 524. The molecule has 1 N–H and O–H groups in total. The lowest BCUT2D eigenvalue weighted by Crippen LogP contribution is -2.05. The van der Waals surface area contributed by atoms with Gasteiger partial charge in [0.05, 0.1) is 12.7 Å². The van der Waals surface area contributed by atoms with Gasteiger partial charge in [0.1, 0.15) is 5.75 Å². The van der Waals surface area contributed by atoms with E-state index in [4.69, 9.17) is 4.74 Å². The van der Waals surface area contributed by atoms with E-state index >= 15 is 0 Å². The molecule has 19 heavy (non-hydrogen) atoms. The number of hydrogen-bond acceptors (Lipinski definition) is 3. The first kappa shape index (κ1) is 13.6. The van der Waals surface area contributed by atoms with Crippen LogP contribution in [0.5, 0.6) is 5.75 Å². The summed E-state index contributed by atoms with van der Waals surface area (Å²) in [6.07, 6.45) is 2.01. The molecule has 0 spiro atoms. The maximum absolute atomic E-state index is 9.75. The summed E-state index contributed by atoms with van der Waals surface area (Å²) in [5.41, 5.74) is 2.96. The molecule has 1 aromatic carbocycles. The molecule has 1 unspecified atom stereocenters. The number of nitrogens with zero attached hydrogens (tertiary/aromatic N) is 1. The van der Waals surface area contributed by atoms with Gasteiger partial charge in [-0.1, -0.05) is 17.7 Å². The van der Waals surface area contributed by atoms with Crippen molar-refractivity contribution in [2.45, 2.75) is 26.4 Å². The maximum Gasteiger partial charge on any atom is 0.125 e. The van der Waals surface area contributed by atoms with E-state index in [1.165, 1.54) is 0 Å². The molecule has 0 saturated heterocycles. The zero-order chi connectivity index (χ0) is 13.7. The second-order valence-corrected chi connectivity index (χ2v) is 4.64. The van der Waals surface area contributed by atoms with Gasteiger partial charge in [0, 0.05) is 23.9 Å². The minimum atomic E-state index is -0.523. The molecule has 1 atom stereocenters. The average Bonchev–Trinajstić information content (AvgIpc) is 2.41. The van der Waals surface area contributed by atoms with E-state index in [-0.39, 0.29) is 0 Å². The summed E-state index contributed by atoms with van der Waals surface area (Å²) >= 11 is 0. The minimum absolute atomic E-state index is 0.523. The molecule has 0 fully saturated rings. The van der Waals surface area contributed by atoms with Crippen LogP contribution in [0.25, 0.3) is 0 Å². The number of aryl methyl sites for hydroxylation is 1. The molecule has 1 heterocycles. The van der Waals surface area contributed by atoms with Crippen molar-refractivity contribution in [2.75, 3.05) is 6.61 Å². The smallest absolute Gasteiger partial charge is 0.125 e. The molecule has 0 aliphatic rings. The third-order valence-corrected chi connectivity index (χ3v) is 2.96. The molecule has 0 aliphatic heterocycles. The lowest BCUT2D eigenvalue weighted by atomic mass is 10.1. The van der Waals surface area contributed by atoms with E-state index in [1.54, 1.807) is 13.1 Å². The molecular weight excluding hydrogens is 238 g/mol. The van der Waals surface area contributed by atoms with Gasteiger partial charge in [-0.25, -0.2) is 0 Å². The summed E-state index contributed by atoms with van der Waals surface area (Å²) < 4.78 is 5.76. The van der Waals surface area contributed by atoms with Crippen LogP contribution in [-0.2, 0) is 6.42 Å². The molecule has 0 aliphatic carbocycles. The van der Waals surface area contributed by atoms with E-state index in [0.717, 1.165) is 29.0 Å². The zero-order valence-electron chi connectivity index (χ0n) is 11.3. The van der Waals surface area contributed by atoms with Crippen LogP contribution in [0.3, 0.4) is 0 Å². The van der Waals surface area contributed by atoms with Crippen molar-refractivity contribution in [1.29, 1.82) is 0 Å². The lowest BCUT2D eigenvalue weighted by molar-refractivity contribution is 0.191. The predicted molar refractivity (Wildman–Crippen MR) is 75.2 cm³/mol. The molecule has 2 rings (SSSR count). The largest absolute Gasteiger partial charge is 0.493 e. The molecule has 2 aromatic rings. The van der Waals surface area contributed by atoms with Gasteiger partial charge >= 0.3 is 0 Å². The Hall–Kier alpha value is -1.87. The fourth-order valence-corrected chi connectivity index (χ4v) is 1.94. The Morgan fingerprint density at radius 1 is 1.26 bits per heavy atom. The lowest BCUT2D eigenvalue weighted by Gasteiger charge is -2.14. The number of aliphatic hydroxyl groups excluding tert-OH is 1. The molecule has 3 nitrogen and oxygen atoms in total. The second-order valence-electron chi connectivity index (χ2n) is 4.64. The highest BCUT2D eigenvalue weighted by Gasteiger charge is 2.09. The van der Waals surface area contributed by atoms with Crippen LogP contribution in [0.15, 0.2) is 42.6 Å². The Kier molecular flexibility index (Phi) is 4.53. The monoisotopic (exact) mass is 257 g/mol. The minimum Gasteiger partial charge on any atom is -0.493 e. The van der Waals surface area contributed by atoms with Crippen molar-refractivity contribution >= 4 is 0 Å². The molecule has 0 radical (unpaired) electrons. The van der Waals surface area contributed by atoms with Gasteiger partial charge in [-0.2, -0.15) is 0 Å². The van der Waals surface area contributed by atoms with Gasteiger partial charge in [-0.05, 0) is 38.1 Å². The average molecular weight is 257 g/mol. The van der Waals surface area contributed by atoms with E-state index < -0.39 is 6.10 Å². The molecule has 0 saturated carbocycles. The summed E-state index contributed by atoms with van der Waals surface area (Å²) in [5, 5.41) is 9.75. The fraction of sp³-hybridized carbons (Fsp3) is 0.312. The van der Waals surface area contributed by atoms with E-state index in [9.17, 15) is 5.11 Å². The Morgan fingerprint density at radius 2 is 2.11 bits per heavy atom. The second kappa shape index (κ2) is 6.34. The number of rotatable bonds is 5. The highest BCUT2D eigenvalue weighted by atomic mass is 16.5. The molecule has 100 valence electrons. The van der Waals surface area contributed by atoms with Gasteiger partial charge in [-0.3, -0.25) is 4.98 Å². The van der Waals surface area contributed by atoms with E-state index in [1.807, 2.05) is 43.3 Å². The fourth-order valence-electron chi connectivity index (χ4n) is 1.94. The number of aromatic nitrogens is 1. The summed E-state index contributed by atoms with van der Waals surface area (Å²) in [7, 11) is 0. The topological polar surface area (TPSA) is 42.4 Å². The SMILES string of the molecule is Cc1ccc(OCCc2ccccn2)c(C(C)O)c1. The van der Waals surface area contributed by atoms with Crippen LogP contribution < -0.4 is 4.74 Å². The van der Waals surface area contributed by atoms with E-state index in [0.29, 0.717) is 6.61 Å². The third kappa shape index (κ3) is 3.80. The summed E-state index contributed by atoms with van der Waals surface area (Å²) in [4.78, 5) is 4.25. The predicted octanol–water partition coefficient (Wildman–Crippen LogP) is 3.06. The third-order valence-electron chi connectivity index (χ3n) is 2.96. The van der Waals surface area contributed by atoms with Crippen molar-refractivity contribution in [3.63, 3.8) is 0 Å². The van der Waals surface area contributed by atoms with Gasteiger partial charge in [0.25, 0.3) is 0 Å². The van der Waals surface area contributed by atoms with Crippen LogP contribution in [-0.4, -0.2) is 16.7 Å².